The van der Waals surface area contributed by atoms with Gasteiger partial charge in [-0.2, -0.15) is 18.3 Å². The summed E-state index contributed by atoms with van der Waals surface area (Å²) in [6, 6.07) is 5.17. The lowest BCUT2D eigenvalue weighted by Crippen LogP contribution is -2.43. The van der Waals surface area contributed by atoms with Crippen molar-refractivity contribution in [1.82, 2.24) is 18.9 Å². The van der Waals surface area contributed by atoms with Crippen LogP contribution in [0.5, 0.6) is 0 Å². The van der Waals surface area contributed by atoms with Crippen molar-refractivity contribution >= 4 is 17.8 Å². The lowest BCUT2D eigenvalue weighted by molar-refractivity contribution is -0.387. The molecule has 2 aromatic heterocycles. The average molecular weight is 520 g/mol. The van der Waals surface area contributed by atoms with Gasteiger partial charge < -0.3 is 0 Å². The van der Waals surface area contributed by atoms with Crippen molar-refractivity contribution in [2.45, 2.75) is 59.4 Å². The number of nitro groups is 1. The topological polar surface area (TPSA) is 105 Å². The van der Waals surface area contributed by atoms with Crippen LogP contribution in [0.2, 0.25) is 0 Å². The second kappa shape index (κ2) is 11.4. The third-order valence-electron chi connectivity index (χ3n) is 5.65. The smallest absolute Gasteiger partial charge is 0.287 e. The second-order valence-corrected chi connectivity index (χ2v) is 9.05. The van der Waals surface area contributed by atoms with Crippen LogP contribution in [0.25, 0.3) is 12.2 Å². The minimum absolute atomic E-state index is 0.0337. The lowest BCUT2D eigenvalue weighted by Gasteiger charge is -2.15. The molecule has 0 unspecified atom stereocenters. The van der Waals surface area contributed by atoms with Crippen molar-refractivity contribution in [2.75, 3.05) is 0 Å². The maximum absolute atomic E-state index is 13.3. The van der Waals surface area contributed by atoms with E-state index in [1.165, 1.54) is 52.0 Å². The molecule has 0 aliphatic carbocycles. The first-order valence-corrected chi connectivity index (χ1v) is 11.8. The predicted molar refractivity (Wildman–Crippen MR) is 133 cm³/mol. The molecule has 9 nitrogen and oxygen atoms in total. The monoisotopic (exact) mass is 519 g/mol. The van der Waals surface area contributed by atoms with Gasteiger partial charge in [-0.05, 0) is 36.1 Å². The summed E-state index contributed by atoms with van der Waals surface area (Å²) in [5.41, 5.74) is -2.75. The van der Waals surface area contributed by atoms with Crippen molar-refractivity contribution < 1.29 is 18.1 Å². The third kappa shape index (κ3) is 6.43. The van der Waals surface area contributed by atoms with E-state index in [0.29, 0.717) is 12.0 Å². The minimum Gasteiger partial charge on any atom is -0.287 e. The molecular weight excluding hydrogens is 491 g/mol. The Morgan fingerprint density at radius 1 is 1.14 bits per heavy atom. The molecule has 37 heavy (non-hydrogen) atoms. The highest BCUT2D eigenvalue weighted by atomic mass is 19.4. The maximum atomic E-state index is 13.3. The maximum Gasteiger partial charge on any atom is 0.416 e. The van der Waals surface area contributed by atoms with Crippen LogP contribution in [0, 0.1) is 16.0 Å². The Balaban J connectivity index is 2.03. The number of rotatable bonds is 10. The number of benzene rings is 1. The molecule has 0 saturated heterocycles. The zero-order valence-electron chi connectivity index (χ0n) is 20.7. The van der Waals surface area contributed by atoms with Crippen LogP contribution in [0.15, 0.2) is 46.2 Å². The number of hydrogen-bond acceptors (Lipinski definition) is 5. The highest BCUT2D eigenvalue weighted by Crippen LogP contribution is 2.32. The van der Waals surface area contributed by atoms with Crippen LogP contribution in [-0.2, 0) is 25.8 Å². The van der Waals surface area contributed by atoms with Gasteiger partial charge in [-0.3, -0.25) is 28.7 Å². The largest absolute Gasteiger partial charge is 0.416 e. The van der Waals surface area contributed by atoms with Gasteiger partial charge in [-0.25, -0.2) is 4.79 Å². The summed E-state index contributed by atoms with van der Waals surface area (Å²) in [5.74, 6) is -0.0839. The Bertz CT molecular complexity index is 1420. The Morgan fingerprint density at radius 3 is 2.46 bits per heavy atom. The number of hydrogen-bond donors (Lipinski definition) is 0. The first-order valence-electron chi connectivity index (χ1n) is 11.8. The van der Waals surface area contributed by atoms with Crippen LogP contribution >= 0.6 is 0 Å². The summed E-state index contributed by atoms with van der Waals surface area (Å²) >= 11 is 0. The van der Waals surface area contributed by atoms with Gasteiger partial charge in [0.15, 0.2) is 0 Å². The molecule has 0 bridgehead atoms. The first kappa shape index (κ1) is 27.6. The Hall–Kier alpha value is -3.96. The number of nitrogens with zero attached hydrogens (tertiary/aromatic N) is 5. The molecule has 3 rings (SSSR count). The van der Waals surface area contributed by atoms with E-state index in [1.807, 2.05) is 6.92 Å². The molecule has 198 valence electrons. The fourth-order valence-electron chi connectivity index (χ4n) is 3.94. The fourth-order valence-corrected chi connectivity index (χ4v) is 3.94. The van der Waals surface area contributed by atoms with Crippen LogP contribution in [0.3, 0.4) is 0 Å². The van der Waals surface area contributed by atoms with Crippen LogP contribution in [0.1, 0.15) is 56.0 Å². The first-order chi connectivity index (χ1) is 17.4. The summed E-state index contributed by atoms with van der Waals surface area (Å²) in [5, 5.41) is 16.0. The van der Waals surface area contributed by atoms with E-state index >= 15 is 0 Å². The lowest BCUT2D eigenvalue weighted by atomic mass is 10.1. The zero-order chi connectivity index (χ0) is 27.3. The summed E-state index contributed by atoms with van der Waals surface area (Å²) < 4.78 is 43.4. The molecule has 0 radical (unpaired) electrons. The molecule has 0 saturated carbocycles. The molecule has 3 aromatic rings. The van der Waals surface area contributed by atoms with E-state index < -0.39 is 33.6 Å². The molecule has 0 aliphatic rings. The summed E-state index contributed by atoms with van der Waals surface area (Å²) in [6.45, 7) is 5.59. The van der Waals surface area contributed by atoms with Crippen molar-refractivity contribution in [1.29, 1.82) is 0 Å². The molecule has 2 heterocycles. The van der Waals surface area contributed by atoms with Crippen LogP contribution in [-0.4, -0.2) is 23.8 Å². The highest BCUT2D eigenvalue weighted by Gasteiger charge is 2.33. The van der Waals surface area contributed by atoms with E-state index in [4.69, 9.17) is 0 Å². The molecule has 0 spiro atoms. The third-order valence-corrected chi connectivity index (χ3v) is 5.65. The second-order valence-electron chi connectivity index (χ2n) is 9.05. The summed E-state index contributed by atoms with van der Waals surface area (Å²) in [7, 11) is 0. The molecule has 0 fully saturated rings. The van der Waals surface area contributed by atoms with Gasteiger partial charge in [-0.1, -0.05) is 45.4 Å². The number of halogens is 3. The molecule has 0 N–H and O–H groups in total. The van der Waals surface area contributed by atoms with Crippen LogP contribution < -0.4 is 11.2 Å². The molecule has 12 heteroatoms. The van der Waals surface area contributed by atoms with Gasteiger partial charge in [0.25, 0.3) is 0 Å². The van der Waals surface area contributed by atoms with Crippen molar-refractivity contribution in [2.24, 2.45) is 5.92 Å². The molecule has 0 aliphatic heterocycles. The average Bonchev–Trinajstić information content (AvgIpc) is 3.26. The van der Waals surface area contributed by atoms with Gasteiger partial charge in [0.1, 0.15) is 5.69 Å². The summed E-state index contributed by atoms with van der Waals surface area (Å²) in [6.07, 6.45) is 2.38. The quantitative estimate of drug-likeness (QED) is 0.282. The summed E-state index contributed by atoms with van der Waals surface area (Å²) in [4.78, 5) is 37.1. The normalized spacial score (nSPS) is 12.1. The molecule has 0 amide bonds. The predicted octanol–water partition coefficient (Wildman–Crippen LogP) is 4.81. The van der Waals surface area contributed by atoms with E-state index in [9.17, 15) is 32.9 Å². The van der Waals surface area contributed by atoms with Gasteiger partial charge >= 0.3 is 23.1 Å². The standard InChI is InChI=1S/C25H28F3N5O4/c1-4-5-12-31-21(22(33(36)37)23(34)32(24(31)35)14-17(2)3)11-10-18-13-29-30(15-18)16-19-8-6-7-9-20(19)25(26,27)28/h6-11,13,15,17H,4-5,12,14,16H2,1-3H3. The number of aromatic nitrogens is 4. The van der Waals surface area contributed by atoms with Gasteiger partial charge in [0, 0.05) is 24.8 Å². The van der Waals surface area contributed by atoms with Gasteiger partial charge in [0.2, 0.25) is 0 Å². The van der Waals surface area contributed by atoms with E-state index in [0.717, 1.165) is 17.1 Å². The molecule has 1 aromatic carbocycles. The minimum atomic E-state index is -4.51. The van der Waals surface area contributed by atoms with Crippen molar-refractivity contribution in [3.63, 3.8) is 0 Å². The van der Waals surface area contributed by atoms with Gasteiger partial charge in [0.05, 0.1) is 23.2 Å². The highest BCUT2D eigenvalue weighted by molar-refractivity contribution is 5.71. The van der Waals surface area contributed by atoms with Crippen molar-refractivity contribution in [3.8, 4) is 0 Å². The van der Waals surface area contributed by atoms with Crippen LogP contribution in [0.4, 0.5) is 18.9 Å². The van der Waals surface area contributed by atoms with E-state index in [1.54, 1.807) is 13.8 Å². The molecule has 0 atom stereocenters. The SMILES string of the molecule is CCCCn1c(C=Cc2cnn(Cc3ccccc3C(F)(F)F)c2)c([N+](=O)[O-])c(=O)n(CC(C)C)c1=O. The number of alkyl halides is 3. The van der Waals surface area contributed by atoms with E-state index in [-0.39, 0.29) is 36.8 Å². The zero-order valence-corrected chi connectivity index (χ0v) is 20.7. The Kier molecular flexibility index (Phi) is 8.51. The van der Waals surface area contributed by atoms with Crippen molar-refractivity contribution in [3.05, 3.63) is 90.0 Å². The van der Waals surface area contributed by atoms with Gasteiger partial charge in [-0.15, -0.1) is 0 Å². The fraction of sp³-hybridized carbons (Fsp3) is 0.400. The number of unbranched alkanes of at least 4 members (excludes halogenated alkanes) is 1. The van der Waals surface area contributed by atoms with E-state index in [2.05, 4.69) is 5.10 Å². The Morgan fingerprint density at radius 2 is 1.84 bits per heavy atom. The molecular formula is C25H28F3N5O4. The Labute approximate surface area is 210 Å².